The lowest BCUT2D eigenvalue weighted by molar-refractivity contribution is -0.0933. The molecule has 2 aromatic heterocycles. The van der Waals surface area contributed by atoms with E-state index in [1.807, 2.05) is 30.3 Å². The number of hydrogen-bond acceptors (Lipinski definition) is 7. The second kappa shape index (κ2) is 8.37. The molecular weight excluding hydrogens is 362 g/mol. The van der Waals surface area contributed by atoms with Crippen LogP contribution in [0.5, 0.6) is 5.75 Å². The zero-order valence-electron chi connectivity index (χ0n) is 15.5. The summed E-state index contributed by atoms with van der Waals surface area (Å²) in [5.41, 5.74) is 0.996. The zero-order chi connectivity index (χ0) is 19.3. The topological polar surface area (TPSA) is 86.9 Å². The zero-order valence-corrected chi connectivity index (χ0v) is 15.5. The van der Waals surface area contributed by atoms with Crippen LogP contribution in [-0.2, 0) is 16.1 Å². The number of likely N-dealkylation sites (N-methyl/N-ethyl adjacent to an activating group) is 1. The molecule has 0 N–H and O–H groups in total. The first-order valence-electron chi connectivity index (χ1n) is 9.06. The van der Waals surface area contributed by atoms with Gasteiger partial charge in [-0.05, 0) is 12.1 Å². The summed E-state index contributed by atoms with van der Waals surface area (Å²) in [6.07, 6.45) is 2.93. The van der Waals surface area contributed by atoms with Crippen molar-refractivity contribution in [2.45, 2.75) is 12.7 Å². The Balaban J connectivity index is 1.37. The highest BCUT2D eigenvalue weighted by atomic mass is 16.6. The number of pyridine rings is 1. The van der Waals surface area contributed by atoms with Crippen molar-refractivity contribution >= 4 is 16.8 Å². The number of rotatable bonds is 6. The number of carbonyl (C=O) groups excluding carboxylic acids is 1. The van der Waals surface area contributed by atoms with Gasteiger partial charge >= 0.3 is 0 Å². The molecule has 1 aliphatic heterocycles. The van der Waals surface area contributed by atoms with Crippen molar-refractivity contribution in [3.05, 3.63) is 54.4 Å². The van der Waals surface area contributed by atoms with Gasteiger partial charge in [-0.2, -0.15) is 0 Å². The summed E-state index contributed by atoms with van der Waals surface area (Å²) in [4.78, 5) is 22.7. The lowest BCUT2D eigenvalue weighted by Gasteiger charge is -2.27. The molecule has 1 fully saturated rings. The predicted octanol–water partition coefficient (Wildman–Crippen LogP) is 2.29. The van der Waals surface area contributed by atoms with E-state index in [0.29, 0.717) is 38.0 Å². The Morgan fingerprint density at radius 3 is 3.04 bits per heavy atom. The first-order valence-corrected chi connectivity index (χ1v) is 9.06. The molecule has 1 saturated heterocycles. The van der Waals surface area contributed by atoms with Crippen LogP contribution in [0.25, 0.3) is 10.9 Å². The van der Waals surface area contributed by atoms with E-state index in [1.165, 1.54) is 6.26 Å². The Morgan fingerprint density at radius 2 is 2.18 bits per heavy atom. The molecular formula is C20H21N3O5. The van der Waals surface area contributed by atoms with Crippen LogP contribution in [0, 0.1) is 0 Å². The summed E-state index contributed by atoms with van der Waals surface area (Å²) in [6.45, 7) is 2.15. The largest absolute Gasteiger partial charge is 0.482 e. The lowest BCUT2D eigenvalue weighted by atomic mass is 10.2. The number of aromatic nitrogens is 2. The number of para-hydroxylation sites is 1. The fraction of sp³-hybridized carbons (Fsp3) is 0.350. The van der Waals surface area contributed by atoms with Crippen molar-refractivity contribution in [3.63, 3.8) is 0 Å². The molecule has 1 atom stereocenters. The minimum atomic E-state index is -0.240. The van der Waals surface area contributed by atoms with Crippen molar-refractivity contribution in [2.24, 2.45) is 0 Å². The molecule has 1 amide bonds. The van der Waals surface area contributed by atoms with Crippen molar-refractivity contribution in [2.75, 3.05) is 33.4 Å². The smallest absolute Gasteiger partial charge is 0.275 e. The lowest BCUT2D eigenvalue weighted by Crippen LogP contribution is -2.40. The first-order chi connectivity index (χ1) is 13.7. The summed E-state index contributed by atoms with van der Waals surface area (Å²) in [5.74, 6) is 0.716. The van der Waals surface area contributed by atoms with Gasteiger partial charge in [0.2, 0.25) is 5.89 Å². The molecule has 28 heavy (non-hydrogen) atoms. The summed E-state index contributed by atoms with van der Waals surface area (Å²) in [6, 6.07) is 9.54. The maximum Gasteiger partial charge on any atom is 0.275 e. The molecule has 3 heterocycles. The van der Waals surface area contributed by atoms with E-state index >= 15 is 0 Å². The highest BCUT2D eigenvalue weighted by Gasteiger charge is 2.22. The average Bonchev–Trinajstić information content (AvgIpc) is 3.21. The number of fused-ring (bicyclic) bond motifs is 1. The van der Waals surface area contributed by atoms with Gasteiger partial charge in [0.25, 0.3) is 5.91 Å². The van der Waals surface area contributed by atoms with Gasteiger partial charge in [0.05, 0.1) is 25.9 Å². The van der Waals surface area contributed by atoms with Gasteiger partial charge < -0.3 is 23.5 Å². The van der Waals surface area contributed by atoms with Crippen LogP contribution in [0.15, 0.2) is 47.2 Å². The minimum absolute atomic E-state index is 0.103. The second-order valence-electron chi connectivity index (χ2n) is 6.50. The monoisotopic (exact) mass is 383 g/mol. The van der Waals surface area contributed by atoms with Gasteiger partial charge in [-0.1, -0.05) is 18.2 Å². The van der Waals surface area contributed by atoms with E-state index in [-0.39, 0.29) is 24.3 Å². The van der Waals surface area contributed by atoms with Crippen LogP contribution in [0.1, 0.15) is 16.4 Å². The van der Waals surface area contributed by atoms with Crippen LogP contribution in [0.4, 0.5) is 0 Å². The van der Waals surface area contributed by atoms with E-state index in [1.54, 1.807) is 18.1 Å². The third kappa shape index (κ3) is 4.13. The number of ether oxygens (including phenoxy) is 3. The van der Waals surface area contributed by atoms with E-state index in [0.717, 1.165) is 10.9 Å². The highest BCUT2D eigenvalue weighted by molar-refractivity contribution is 5.91. The van der Waals surface area contributed by atoms with Crippen molar-refractivity contribution in [1.82, 2.24) is 14.9 Å². The van der Waals surface area contributed by atoms with Crippen molar-refractivity contribution in [1.29, 1.82) is 0 Å². The Kier molecular flexibility index (Phi) is 5.50. The van der Waals surface area contributed by atoms with Gasteiger partial charge in [0.1, 0.15) is 17.5 Å². The summed E-state index contributed by atoms with van der Waals surface area (Å²) in [7, 11) is 1.70. The molecule has 1 aromatic carbocycles. The molecule has 0 spiro atoms. The quantitative estimate of drug-likeness (QED) is 0.645. The van der Waals surface area contributed by atoms with Gasteiger partial charge in [-0.15, -0.1) is 0 Å². The molecule has 1 aliphatic rings. The van der Waals surface area contributed by atoms with E-state index in [2.05, 4.69) is 9.97 Å². The number of benzene rings is 1. The highest BCUT2D eigenvalue weighted by Crippen LogP contribution is 2.23. The Morgan fingerprint density at radius 1 is 1.29 bits per heavy atom. The van der Waals surface area contributed by atoms with Gasteiger partial charge in [-0.25, -0.2) is 4.98 Å². The number of nitrogens with zero attached hydrogens (tertiary/aromatic N) is 3. The molecule has 0 bridgehead atoms. The number of carbonyl (C=O) groups is 1. The Hall–Kier alpha value is -2.97. The Labute approximate surface area is 162 Å². The standard InChI is InChI=1S/C20H21N3O5/c1-23(10-15-11-25-8-9-26-15)20(24)16-12-28-18(22-16)13-27-17-6-2-4-14-5-3-7-21-19(14)17/h2-7,12,15H,8-11,13H2,1H3/t15-/m1/s1. The summed E-state index contributed by atoms with van der Waals surface area (Å²) in [5, 5.41) is 0.985. The molecule has 4 rings (SSSR count). The van der Waals surface area contributed by atoms with Gasteiger partial charge in [0.15, 0.2) is 12.3 Å². The minimum Gasteiger partial charge on any atom is -0.482 e. The molecule has 3 aromatic rings. The van der Waals surface area contributed by atoms with Gasteiger partial charge in [-0.3, -0.25) is 9.78 Å². The van der Waals surface area contributed by atoms with Crippen LogP contribution in [0.2, 0.25) is 0 Å². The molecule has 0 saturated carbocycles. The van der Waals surface area contributed by atoms with Crippen LogP contribution in [0.3, 0.4) is 0 Å². The molecule has 0 aliphatic carbocycles. The number of amides is 1. The molecule has 8 nitrogen and oxygen atoms in total. The SMILES string of the molecule is CN(C[C@@H]1COCCO1)C(=O)c1coc(COc2cccc3cccnc23)n1. The maximum atomic E-state index is 12.5. The maximum absolute atomic E-state index is 12.5. The Bertz CT molecular complexity index is 946. The number of oxazole rings is 1. The van der Waals surface area contributed by atoms with E-state index < -0.39 is 0 Å². The van der Waals surface area contributed by atoms with Crippen molar-refractivity contribution in [3.8, 4) is 5.75 Å². The fourth-order valence-electron chi connectivity index (χ4n) is 3.03. The summed E-state index contributed by atoms with van der Waals surface area (Å²) < 4.78 is 22.1. The average molecular weight is 383 g/mol. The fourth-order valence-corrected chi connectivity index (χ4v) is 3.03. The van der Waals surface area contributed by atoms with Crippen LogP contribution >= 0.6 is 0 Å². The predicted molar refractivity (Wildman–Crippen MR) is 100 cm³/mol. The number of hydrogen-bond donors (Lipinski definition) is 0. The van der Waals surface area contributed by atoms with Gasteiger partial charge in [0, 0.05) is 25.2 Å². The molecule has 8 heteroatoms. The summed E-state index contributed by atoms with van der Waals surface area (Å²) >= 11 is 0. The molecule has 0 unspecified atom stereocenters. The third-order valence-electron chi connectivity index (χ3n) is 4.43. The second-order valence-corrected chi connectivity index (χ2v) is 6.50. The van der Waals surface area contributed by atoms with Crippen molar-refractivity contribution < 1.29 is 23.4 Å². The third-order valence-corrected chi connectivity index (χ3v) is 4.43. The van der Waals surface area contributed by atoms with E-state index in [9.17, 15) is 4.79 Å². The van der Waals surface area contributed by atoms with Crippen LogP contribution in [-0.4, -0.2) is 60.3 Å². The molecule has 146 valence electrons. The molecule has 0 radical (unpaired) electrons. The van der Waals surface area contributed by atoms with Crippen LogP contribution < -0.4 is 4.74 Å². The van der Waals surface area contributed by atoms with E-state index in [4.69, 9.17) is 18.6 Å². The normalized spacial score (nSPS) is 16.8. The first kappa shape index (κ1) is 18.4.